The Kier molecular flexibility index (Phi) is 21.2. The fraction of sp³-hybridized carbons (Fsp3) is 0.800. The molecule has 0 saturated carbocycles. The van der Waals surface area contributed by atoms with Gasteiger partial charge in [-0.25, -0.2) is 9.59 Å². The highest BCUT2D eigenvalue weighted by molar-refractivity contribution is 6.87. The number of amides is 3. The number of aromatic nitrogens is 2. The molecule has 0 unspecified atom stereocenters. The van der Waals surface area contributed by atoms with Crippen molar-refractivity contribution in [2.45, 2.75) is 96.8 Å². The molecule has 47 heavy (non-hydrogen) atoms. The molecule has 0 bridgehead atoms. The average Bonchev–Trinajstić information content (AvgIpc) is 2.93. The minimum Gasteiger partial charge on any atom is -0.447 e. The van der Waals surface area contributed by atoms with Gasteiger partial charge < -0.3 is 42.8 Å². The maximum Gasteiger partial charge on any atom is 0.407 e. The number of nitrogens with one attached hydrogen (secondary N) is 4. The van der Waals surface area contributed by atoms with Gasteiger partial charge in [0.2, 0.25) is 5.95 Å². The molecule has 3 amide bonds. The summed E-state index contributed by atoms with van der Waals surface area (Å²) in [6.45, 7) is 18.9. The summed E-state index contributed by atoms with van der Waals surface area (Å²) in [7, 11) is -4.12. The predicted molar refractivity (Wildman–Crippen MR) is 191 cm³/mol. The maximum atomic E-state index is 11.9. The molecule has 0 saturated heterocycles. The molecule has 0 radical (unpaired) electrons. The molecule has 0 fully saturated rings. The number of unbranched alkanes of at least 4 members (excludes halogenated alkanes) is 3. The van der Waals surface area contributed by atoms with Crippen LogP contribution >= 0.6 is 0 Å². The Morgan fingerprint density at radius 2 is 1.32 bits per heavy atom. The zero-order valence-electron chi connectivity index (χ0n) is 30.0. The van der Waals surface area contributed by atoms with Crippen molar-refractivity contribution < 1.29 is 36.8 Å². The topological polar surface area (TPSA) is 171 Å². The lowest BCUT2D eigenvalue weighted by Gasteiger charge is -2.38. The van der Waals surface area contributed by atoms with Crippen LogP contribution in [0.4, 0.5) is 15.5 Å². The van der Waals surface area contributed by atoms with Gasteiger partial charge >= 0.3 is 20.7 Å². The second-order valence-electron chi connectivity index (χ2n) is 13.2. The molecule has 1 heterocycles. The highest BCUT2D eigenvalue weighted by Gasteiger charge is 2.39. The van der Waals surface area contributed by atoms with E-state index in [0.29, 0.717) is 45.2 Å². The first-order chi connectivity index (χ1) is 22.1. The van der Waals surface area contributed by atoms with Crippen LogP contribution in [0.5, 0.6) is 0 Å². The van der Waals surface area contributed by atoms with Crippen molar-refractivity contribution in [2.24, 2.45) is 0 Å². The van der Waals surface area contributed by atoms with E-state index in [4.69, 9.17) is 27.2 Å². The van der Waals surface area contributed by atoms with Crippen LogP contribution in [0.3, 0.4) is 0 Å². The molecule has 0 aromatic carbocycles. The predicted octanol–water partition coefficient (Wildman–Crippen LogP) is 5.09. The van der Waals surface area contributed by atoms with Crippen molar-refractivity contribution in [3.63, 3.8) is 0 Å². The van der Waals surface area contributed by atoms with E-state index in [-0.39, 0.29) is 12.6 Å². The molecule has 0 atom stereocenters. The Morgan fingerprint density at radius 1 is 0.766 bits per heavy atom. The summed E-state index contributed by atoms with van der Waals surface area (Å²) >= 11 is 0. The molecule has 1 aromatic heterocycles. The summed E-state index contributed by atoms with van der Waals surface area (Å²) < 4.78 is 34.8. The van der Waals surface area contributed by atoms with Gasteiger partial charge in [-0.3, -0.25) is 10.1 Å². The summed E-state index contributed by atoms with van der Waals surface area (Å²) in [4.78, 5) is 41.6. The highest BCUT2D eigenvalue weighted by Crippen LogP contribution is 2.26. The lowest BCUT2D eigenvalue weighted by atomic mass is 10.2. The van der Waals surface area contributed by atoms with E-state index < -0.39 is 42.9 Å². The number of aromatic amines is 1. The van der Waals surface area contributed by atoms with E-state index >= 15 is 0 Å². The van der Waals surface area contributed by atoms with Crippen molar-refractivity contribution in [1.29, 1.82) is 0 Å². The molecule has 272 valence electrons. The number of ether oxygens (including phenoxy) is 4. The molecular formula is C30H61N5O9Si3. The molecule has 1 aromatic rings. The first-order valence-corrected chi connectivity index (χ1v) is 25.8. The Bertz CT molecular complexity index is 1090. The first kappa shape index (κ1) is 42.9. The van der Waals surface area contributed by atoms with Crippen molar-refractivity contribution >= 4 is 43.3 Å². The zero-order chi connectivity index (χ0) is 35.2. The smallest absolute Gasteiger partial charge is 0.407 e. The maximum absolute atomic E-state index is 11.9. The van der Waals surface area contributed by atoms with Crippen LogP contribution in [0.2, 0.25) is 51.4 Å². The van der Waals surface area contributed by atoms with E-state index in [9.17, 15) is 14.4 Å². The number of hydrogen-bond acceptors (Lipinski definition) is 10. The van der Waals surface area contributed by atoms with Crippen LogP contribution < -0.4 is 21.5 Å². The second kappa shape index (κ2) is 23.3. The normalized spacial score (nSPS) is 12.2. The average molecular weight is 720 g/mol. The van der Waals surface area contributed by atoms with Gasteiger partial charge in [0.25, 0.3) is 5.56 Å². The lowest BCUT2D eigenvalue weighted by Crippen LogP contribution is -2.52. The minimum atomic E-state index is -2.21. The van der Waals surface area contributed by atoms with Crippen LogP contribution in [-0.2, 0) is 27.2 Å². The fourth-order valence-electron chi connectivity index (χ4n) is 5.05. The lowest BCUT2D eigenvalue weighted by molar-refractivity contribution is 0.0281. The van der Waals surface area contributed by atoms with Crippen LogP contribution in [0, 0.1) is 6.92 Å². The van der Waals surface area contributed by atoms with Crippen molar-refractivity contribution in [1.82, 2.24) is 20.6 Å². The molecule has 14 nitrogen and oxygen atoms in total. The number of anilines is 1. The first-order valence-electron chi connectivity index (χ1n) is 16.7. The van der Waals surface area contributed by atoms with Crippen molar-refractivity contribution in [3.8, 4) is 0 Å². The molecule has 17 heteroatoms. The van der Waals surface area contributed by atoms with Gasteiger partial charge in [0, 0.05) is 45.2 Å². The monoisotopic (exact) mass is 719 g/mol. The fourth-order valence-corrected chi connectivity index (χ4v) is 19.0. The highest BCUT2D eigenvalue weighted by atomic mass is 28.5. The van der Waals surface area contributed by atoms with Crippen LogP contribution in [0.15, 0.2) is 10.9 Å². The number of alkyl carbamates (subject to hydrolysis) is 1. The number of urea groups is 1. The van der Waals surface area contributed by atoms with E-state index in [0.717, 1.165) is 57.2 Å². The Hall–Kier alpha value is -2.13. The third-order valence-electron chi connectivity index (χ3n) is 6.84. The van der Waals surface area contributed by atoms with Gasteiger partial charge in [-0.05, 0) is 84.0 Å². The van der Waals surface area contributed by atoms with Crippen LogP contribution in [0.25, 0.3) is 0 Å². The zero-order valence-corrected chi connectivity index (χ0v) is 33.0. The van der Waals surface area contributed by atoms with Crippen LogP contribution in [0.1, 0.15) is 44.2 Å². The molecule has 0 aliphatic carbocycles. The minimum absolute atomic E-state index is 0.114. The molecule has 0 spiro atoms. The molecule has 0 aliphatic rings. The third kappa shape index (κ3) is 23.8. The number of carbonyl (C=O) groups is 2. The van der Waals surface area contributed by atoms with Crippen molar-refractivity contribution in [2.75, 3.05) is 65.2 Å². The number of carbonyl (C=O) groups excluding carboxylic acids is 2. The molecule has 4 N–H and O–H groups in total. The standard InChI is InChI=1S/C30H61N5O9Si3/c1-26-25-27(36)34-28(33-26)35-29(37)31-15-11-9-10-12-16-32-30(38)42-22-21-41-20-19-40-18-14-24-46(5,6)44-47(7,8)43-45(3,4)23-13-17-39-2/h25H,9-24H2,1-8H3,(H,32,38)(H3,31,33,34,35,36,37). The summed E-state index contributed by atoms with van der Waals surface area (Å²) in [5, 5.41) is 7.96. The summed E-state index contributed by atoms with van der Waals surface area (Å²) in [6, 6.07) is 3.01. The third-order valence-corrected chi connectivity index (χ3v) is 18.3. The molecule has 1 rings (SSSR count). The SMILES string of the molecule is COCCC[Si](C)(C)O[Si](C)(C)O[Si](C)(C)CCCOCCOCCOC(=O)NCCCCCCNC(=O)Nc1nc(=O)cc(C)[nH]1. The Balaban J connectivity index is 1.97. The van der Waals surface area contributed by atoms with E-state index in [1.807, 2.05) is 0 Å². The molecular weight excluding hydrogens is 659 g/mol. The number of nitrogens with zero attached hydrogens (tertiary/aromatic N) is 1. The summed E-state index contributed by atoms with van der Waals surface area (Å²) in [5.74, 6) is 0.114. The van der Waals surface area contributed by atoms with Crippen molar-refractivity contribution in [3.05, 3.63) is 22.1 Å². The van der Waals surface area contributed by atoms with Gasteiger partial charge in [0.15, 0.2) is 16.6 Å². The van der Waals surface area contributed by atoms with Gasteiger partial charge in [-0.15, -0.1) is 0 Å². The van der Waals surface area contributed by atoms with E-state index in [1.165, 1.54) is 6.07 Å². The number of hydrogen-bond donors (Lipinski definition) is 4. The number of aryl methyl sites for hydroxylation is 1. The number of rotatable bonds is 26. The summed E-state index contributed by atoms with van der Waals surface area (Å²) in [5.41, 5.74) is 0.199. The number of methoxy groups -OCH3 is 1. The Morgan fingerprint density at radius 3 is 1.91 bits per heavy atom. The number of H-pyrrole nitrogens is 1. The quantitative estimate of drug-likeness (QED) is 0.0747. The van der Waals surface area contributed by atoms with Gasteiger partial charge in [-0.1, -0.05) is 12.8 Å². The van der Waals surface area contributed by atoms with Gasteiger partial charge in [0.1, 0.15) is 6.61 Å². The van der Waals surface area contributed by atoms with E-state index in [2.05, 4.69) is 65.2 Å². The largest absolute Gasteiger partial charge is 0.447 e. The Labute approximate surface area is 284 Å². The molecule has 0 aliphatic heterocycles. The van der Waals surface area contributed by atoms with Gasteiger partial charge in [0.05, 0.1) is 19.8 Å². The summed E-state index contributed by atoms with van der Waals surface area (Å²) in [6.07, 6.45) is 4.88. The van der Waals surface area contributed by atoms with E-state index in [1.54, 1.807) is 14.0 Å². The van der Waals surface area contributed by atoms with Gasteiger partial charge in [-0.2, -0.15) is 4.98 Å². The second-order valence-corrected chi connectivity index (χ2v) is 25.6. The van der Waals surface area contributed by atoms with Crippen LogP contribution in [-0.4, -0.2) is 107 Å².